The highest BCUT2D eigenvalue weighted by Crippen LogP contribution is 2.21. The molecule has 0 heterocycles. The molecule has 0 saturated carbocycles. The van der Waals surface area contributed by atoms with Crippen molar-refractivity contribution in [3.8, 4) is 0 Å². The Morgan fingerprint density at radius 3 is 1.82 bits per heavy atom. The molecule has 0 spiro atoms. The maximum Gasteiger partial charge on any atom is 0.323 e. The van der Waals surface area contributed by atoms with Gasteiger partial charge in [0, 0.05) is 27.8 Å². The number of rotatable bonds is 6. The van der Waals surface area contributed by atoms with Gasteiger partial charge in [0.25, 0.3) is 5.91 Å². The fraction of sp³-hybridized carbons (Fsp3) is 0. The molecule has 0 bridgehead atoms. The van der Waals surface area contributed by atoms with Crippen molar-refractivity contribution in [3.63, 3.8) is 0 Å². The Labute approximate surface area is 196 Å². The lowest BCUT2D eigenvalue weighted by Gasteiger charge is -2.13. The van der Waals surface area contributed by atoms with E-state index in [2.05, 4.69) is 21.3 Å². The molecule has 4 aromatic carbocycles. The maximum absolute atomic E-state index is 12.9. The fourth-order valence-corrected chi connectivity index (χ4v) is 3.26. The number of anilines is 5. The van der Waals surface area contributed by atoms with Crippen LogP contribution in [-0.2, 0) is 0 Å². The zero-order valence-electron chi connectivity index (χ0n) is 17.5. The zero-order valence-corrected chi connectivity index (χ0v) is 18.3. The summed E-state index contributed by atoms with van der Waals surface area (Å²) in [5.41, 5.74) is 3.84. The standard InChI is InChI=1S/C26H21ClN4O2/c27-18-10-12-22(13-11-18)30-26(33)31-24-9-5-4-8-23(24)25(32)29-21-16-14-20(15-17-21)28-19-6-2-1-3-7-19/h1-17,28H,(H,29,32)(H2,30,31,33). The highest BCUT2D eigenvalue weighted by Gasteiger charge is 2.13. The van der Waals surface area contributed by atoms with Gasteiger partial charge in [0.2, 0.25) is 0 Å². The van der Waals surface area contributed by atoms with Crippen LogP contribution in [0.3, 0.4) is 0 Å². The third-order valence-corrected chi connectivity index (χ3v) is 4.98. The Kier molecular flexibility index (Phi) is 6.87. The molecule has 3 amide bonds. The number of nitrogens with one attached hydrogen (secondary N) is 4. The molecule has 0 aliphatic heterocycles. The number of urea groups is 1. The molecule has 164 valence electrons. The highest BCUT2D eigenvalue weighted by molar-refractivity contribution is 6.30. The lowest BCUT2D eigenvalue weighted by Crippen LogP contribution is -2.22. The van der Waals surface area contributed by atoms with Gasteiger partial charge in [0.1, 0.15) is 0 Å². The third kappa shape index (κ3) is 6.12. The molecular formula is C26H21ClN4O2. The van der Waals surface area contributed by atoms with Crippen LogP contribution in [0.15, 0.2) is 103 Å². The Morgan fingerprint density at radius 2 is 1.09 bits per heavy atom. The molecule has 0 unspecified atom stereocenters. The summed E-state index contributed by atoms with van der Waals surface area (Å²) < 4.78 is 0. The number of benzene rings is 4. The van der Waals surface area contributed by atoms with Gasteiger partial charge >= 0.3 is 6.03 Å². The van der Waals surface area contributed by atoms with E-state index in [-0.39, 0.29) is 5.91 Å². The zero-order chi connectivity index (χ0) is 23.0. The first-order valence-electron chi connectivity index (χ1n) is 10.2. The van der Waals surface area contributed by atoms with Crippen LogP contribution >= 0.6 is 11.6 Å². The summed E-state index contributed by atoms with van der Waals surface area (Å²) in [6, 6.07) is 30.3. The smallest absolute Gasteiger partial charge is 0.323 e. The number of para-hydroxylation sites is 2. The van der Waals surface area contributed by atoms with Crippen molar-refractivity contribution in [1.29, 1.82) is 0 Å². The molecule has 0 fully saturated rings. The van der Waals surface area contributed by atoms with Crippen molar-refractivity contribution in [2.24, 2.45) is 0 Å². The number of halogens is 1. The molecule has 0 aromatic heterocycles. The first-order chi connectivity index (χ1) is 16.1. The number of carbonyl (C=O) groups excluding carboxylic acids is 2. The van der Waals surface area contributed by atoms with Crippen LogP contribution in [0.2, 0.25) is 5.02 Å². The van der Waals surface area contributed by atoms with E-state index >= 15 is 0 Å². The van der Waals surface area contributed by atoms with E-state index in [1.54, 1.807) is 48.5 Å². The molecule has 6 nitrogen and oxygen atoms in total. The van der Waals surface area contributed by atoms with E-state index in [0.29, 0.717) is 27.6 Å². The summed E-state index contributed by atoms with van der Waals surface area (Å²) >= 11 is 5.87. The van der Waals surface area contributed by atoms with Gasteiger partial charge in [-0.25, -0.2) is 4.79 Å². The number of hydrogen-bond acceptors (Lipinski definition) is 3. The van der Waals surface area contributed by atoms with E-state index in [1.807, 2.05) is 54.6 Å². The minimum Gasteiger partial charge on any atom is -0.356 e. The van der Waals surface area contributed by atoms with Crippen LogP contribution < -0.4 is 21.3 Å². The molecule has 7 heteroatoms. The second-order valence-electron chi connectivity index (χ2n) is 7.15. The molecule has 0 aliphatic carbocycles. The van der Waals surface area contributed by atoms with E-state index < -0.39 is 6.03 Å². The third-order valence-electron chi connectivity index (χ3n) is 4.73. The van der Waals surface area contributed by atoms with Crippen LogP contribution in [0.1, 0.15) is 10.4 Å². The Balaban J connectivity index is 1.40. The minimum absolute atomic E-state index is 0.332. The van der Waals surface area contributed by atoms with Crippen LogP contribution in [0, 0.1) is 0 Å². The first kappa shape index (κ1) is 21.9. The Morgan fingerprint density at radius 1 is 0.545 bits per heavy atom. The second-order valence-corrected chi connectivity index (χ2v) is 7.59. The van der Waals surface area contributed by atoms with Gasteiger partial charge in [-0.1, -0.05) is 41.9 Å². The van der Waals surface area contributed by atoms with Crippen molar-refractivity contribution in [1.82, 2.24) is 0 Å². The van der Waals surface area contributed by atoms with Crippen LogP contribution in [-0.4, -0.2) is 11.9 Å². The monoisotopic (exact) mass is 456 g/mol. The molecular weight excluding hydrogens is 436 g/mol. The highest BCUT2D eigenvalue weighted by atomic mass is 35.5. The molecule has 4 N–H and O–H groups in total. The molecule has 0 saturated heterocycles. The normalized spacial score (nSPS) is 10.2. The summed E-state index contributed by atoms with van der Waals surface area (Å²) in [7, 11) is 0. The number of amides is 3. The van der Waals surface area contributed by atoms with Gasteiger partial charge in [-0.3, -0.25) is 4.79 Å². The molecule has 0 radical (unpaired) electrons. The lowest BCUT2D eigenvalue weighted by atomic mass is 10.1. The molecule has 4 aromatic rings. The SMILES string of the molecule is O=C(Nc1ccc(Cl)cc1)Nc1ccccc1C(=O)Nc1ccc(Nc2ccccc2)cc1. The fourth-order valence-electron chi connectivity index (χ4n) is 3.13. The van der Waals surface area contributed by atoms with Gasteiger partial charge in [-0.05, 0) is 72.8 Å². The first-order valence-corrected chi connectivity index (χ1v) is 10.6. The van der Waals surface area contributed by atoms with Crippen molar-refractivity contribution in [2.45, 2.75) is 0 Å². The largest absolute Gasteiger partial charge is 0.356 e. The second kappa shape index (κ2) is 10.3. The summed E-state index contributed by atoms with van der Waals surface area (Å²) in [5.74, 6) is -0.332. The van der Waals surface area contributed by atoms with Crippen LogP contribution in [0.25, 0.3) is 0 Å². The number of carbonyl (C=O) groups is 2. The molecule has 0 aliphatic rings. The average Bonchev–Trinajstić information content (AvgIpc) is 2.83. The summed E-state index contributed by atoms with van der Waals surface area (Å²) in [5, 5.41) is 12.2. The molecule has 33 heavy (non-hydrogen) atoms. The molecule has 0 atom stereocenters. The predicted molar refractivity (Wildman–Crippen MR) is 135 cm³/mol. The van der Waals surface area contributed by atoms with E-state index in [9.17, 15) is 9.59 Å². The van der Waals surface area contributed by atoms with Crippen LogP contribution in [0.5, 0.6) is 0 Å². The van der Waals surface area contributed by atoms with Gasteiger partial charge in [-0.2, -0.15) is 0 Å². The van der Waals surface area contributed by atoms with Crippen molar-refractivity contribution in [2.75, 3.05) is 21.3 Å². The van der Waals surface area contributed by atoms with Gasteiger partial charge < -0.3 is 21.3 Å². The van der Waals surface area contributed by atoms with E-state index in [0.717, 1.165) is 11.4 Å². The van der Waals surface area contributed by atoms with Gasteiger partial charge in [0.05, 0.1) is 11.3 Å². The summed E-state index contributed by atoms with van der Waals surface area (Å²) in [6.45, 7) is 0. The topological polar surface area (TPSA) is 82.3 Å². The van der Waals surface area contributed by atoms with E-state index in [4.69, 9.17) is 11.6 Å². The van der Waals surface area contributed by atoms with Crippen LogP contribution in [0.4, 0.5) is 33.2 Å². The summed E-state index contributed by atoms with van der Waals surface area (Å²) in [6.07, 6.45) is 0. The van der Waals surface area contributed by atoms with Crippen molar-refractivity contribution >= 4 is 52.0 Å². The Bertz CT molecular complexity index is 1240. The summed E-state index contributed by atoms with van der Waals surface area (Å²) in [4.78, 5) is 25.3. The number of hydrogen-bond donors (Lipinski definition) is 4. The quantitative estimate of drug-likeness (QED) is 0.252. The van der Waals surface area contributed by atoms with E-state index in [1.165, 1.54) is 0 Å². The maximum atomic E-state index is 12.9. The Hall–Kier alpha value is -4.29. The average molecular weight is 457 g/mol. The minimum atomic E-state index is -0.464. The van der Waals surface area contributed by atoms with Gasteiger partial charge in [-0.15, -0.1) is 0 Å². The lowest BCUT2D eigenvalue weighted by molar-refractivity contribution is 0.102. The molecule has 4 rings (SSSR count). The predicted octanol–water partition coefficient (Wildman–Crippen LogP) is 6.98. The van der Waals surface area contributed by atoms with Gasteiger partial charge in [0.15, 0.2) is 0 Å². The van der Waals surface area contributed by atoms with Crippen molar-refractivity contribution in [3.05, 3.63) is 114 Å². The van der Waals surface area contributed by atoms with Crippen molar-refractivity contribution < 1.29 is 9.59 Å².